The predicted octanol–water partition coefficient (Wildman–Crippen LogP) is 2.59. The lowest BCUT2D eigenvalue weighted by atomic mass is 10.2. The van der Waals surface area contributed by atoms with Crippen molar-refractivity contribution in [3.05, 3.63) is 38.9 Å². The van der Waals surface area contributed by atoms with Crippen molar-refractivity contribution < 1.29 is 4.79 Å². The van der Waals surface area contributed by atoms with E-state index in [1.165, 1.54) is 4.68 Å². The van der Waals surface area contributed by atoms with E-state index in [1.807, 2.05) is 19.9 Å². The SMILES string of the molecule is CC(C)c1nc2ccc(Br)cc2c(=O)n1NC(=O)CCl. The third-order valence-corrected chi connectivity index (χ3v) is 3.47. The Morgan fingerprint density at radius 3 is 2.80 bits per heavy atom. The Balaban J connectivity index is 2.74. The number of nitrogens with zero attached hydrogens (tertiary/aromatic N) is 2. The largest absolute Gasteiger partial charge is 0.280 e. The van der Waals surface area contributed by atoms with Gasteiger partial charge in [0.05, 0.1) is 10.9 Å². The van der Waals surface area contributed by atoms with E-state index in [-0.39, 0.29) is 17.4 Å². The molecule has 1 aromatic heterocycles. The number of alkyl halides is 1. The minimum Gasteiger partial charge on any atom is -0.272 e. The van der Waals surface area contributed by atoms with Gasteiger partial charge in [-0.2, -0.15) is 0 Å². The van der Waals surface area contributed by atoms with Crippen molar-refractivity contribution in [2.24, 2.45) is 0 Å². The molecule has 0 aliphatic rings. The molecule has 2 aromatic rings. The molecule has 0 saturated carbocycles. The first-order valence-electron chi connectivity index (χ1n) is 6.02. The first-order chi connectivity index (χ1) is 9.43. The average molecular weight is 359 g/mol. The Morgan fingerprint density at radius 1 is 1.50 bits per heavy atom. The number of benzene rings is 1. The molecule has 0 saturated heterocycles. The summed E-state index contributed by atoms with van der Waals surface area (Å²) in [5.74, 6) is -0.206. The second-order valence-corrected chi connectivity index (χ2v) is 5.78. The molecule has 1 heterocycles. The van der Waals surface area contributed by atoms with Crippen molar-refractivity contribution in [3.63, 3.8) is 0 Å². The fraction of sp³-hybridized carbons (Fsp3) is 0.308. The van der Waals surface area contributed by atoms with Gasteiger partial charge >= 0.3 is 0 Å². The van der Waals surface area contributed by atoms with Crippen LogP contribution in [0.1, 0.15) is 25.6 Å². The van der Waals surface area contributed by atoms with Crippen LogP contribution in [0.2, 0.25) is 0 Å². The molecule has 0 radical (unpaired) electrons. The molecule has 1 aromatic carbocycles. The topological polar surface area (TPSA) is 64.0 Å². The molecule has 0 aliphatic heterocycles. The number of aromatic nitrogens is 2. The molecule has 2 rings (SSSR count). The summed E-state index contributed by atoms with van der Waals surface area (Å²) in [6.45, 7) is 3.80. The number of hydrogen-bond donors (Lipinski definition) is 1. The van der Waals surface area contributed by atoms with Crippen molar-refractivity contribution in [1.29, 1.82) is 0 Å². The molecule has 106 valence electrons. The Labute approximate surface area is 129 Å². The highest BCUT2D eigenvalue weighted by Crippen LogP contribution is 2.18. The number of carbonyl (C=O) groups excluding carboxylic acids is 1. The quantitative estimate of drug-likeness (QED) is 0.858. The van der Waals surface area contributed by atoms with E-state index in [9.17, 15) is 9.59 Å². The van der Waals surface area contributed by atoms with Crippen LogP contribution >= 0.6 is 27.5 Å². The molecule has 20 heavy (non-hydrogen) atoms. The molecule has 1 N–H and O–H groups in total. The Bertz CT molecular complexity index is 727. The van der Waals surface area contributed by atoms with Crippen molar-refractivity contribution in [2.45, 2.75) is 19.8 Å². The molecular formula is C13H13BrClN3O2. The smallest absolute Gasteiger partial charge is 0.272 e. The molecule has 0 aliphatic carbocycles. The number of fused-ring (bicyclic) bond motifs is 1. The normalized spacial score (nSPS) is 11.1. The molecular weight excluding hydrogens is 346 g/mol. The lowest BCUT2D eigenvalue weighted by Gasteiger charge is -2.16. The van der Waals surface area contributed by atoms with Crippen LogP contribution in [0.5, 0.6) is 0 Å². The zero-order valence-corrected chi connectivity index (χ0v) is 13.3. The summed E-state index contributed by atoms with van der Waals surface area (Å²) in [6, 6.07) is 5.26. The number of halogens is 2. The summed E-state index contributed by atoms with van der Waals surface area (Å²) in [7, 11) is 0. The van der Waals surface area contributed by atoms with E-state index in [0.29, 0.717) is 16.7 Å². The molecule has 0 atom stereocenters. The fourth-order valence-corrected chi connectivity index (χ4v) is 2.25. The minimum atomic E-state index is -0.452. The first kappa shape index (κ1) is 15.0. The predicted molar refractivity (Wildman–Crippen MR) is 82.9 cm³/mol. The van der Waals surface area contributed by atoms with Gasteiger partial charge in [0.1, 0.15) is 11.7 Å². The number of nitrogens with one attached hydrogen (secondary N) is 1. The van der Waals surface area contributed by atoms with Gasteiger partial charge in [-0.3, -0.25) is 15.0 Å². The molecule has 1 amide bonds. The molecule has 0 unspecified atom stereocenters. The fourth-order valence-electron chi connectivity index (χ4n) is 1.82. The van der Waals surface area contributed by atoms with Crippen molar-refractivity contribution in [3.8, 4) is 0 Å². The van der Waals surface area contributed by atoms with Crippen molar-refractivity contribution in [2.75, 3.05) is 11.3 Å². The Kier molecular flexibility index (Phi) is 4.45. The molecule has 0 fully saturated rings. The number of carbonyl (C=O) groups is 1. The van der Waals surface area contributed by atoms with Crippen LogP contribution in [0, 0.1) is 0 Å². The van der Waals surface area contributed by atoms with Gasteiger partial charge in [0.15, 0.2) is 0 Å². The third-order valence-electron chi connectivity index (χ3n) is 2.73. The highest BCUT2D eigenvalue weighted by molar-refractivity contribution is 9.10. The average Bonchev–Trinajstić information content (AvgIpc) is 2.41. The standard InChI is InChI=1S/C13H13BrClN3O2/c1-7(2)12-16-10-4-3-8(14)5-9(10)13(20)18(12)17-11(19)6-15/h3-5,7H,6H2,1-2H3,(H,17,19). The molecule has 7 heteroatoms. The van der Waals surface area contributed by atoms with E-state index in [4.69, 9.17) is 11.6 Å². The summed E-state index contributed by atoms with van der Waals surface area (Å²) in [5, 5.41) is 0.429. The van der Waals surface area contributed by atoms with Gasteiger partial charge in [0.25, 0.3) is 11.5 Å². The lowest BCUT2D eigenvalue weighted by Crippen LogP contribution is -2.37. The minimum absolute atomic E-state index is 0.0219. The summed E-state index contributed by atoms with van der Waals surface area (Å²) in [6.07, 6.45) is 0. The Morgan fingerprint density at radius 2 is 2.20 bits per heavy atom. The summed E-state index contributed by atoms with van der Waals surface area (Å²) < 4.78 is 1.95. The zero-order chi connectivity index (χ0) is 14.9. The maximum atomic E-state index is 12.5. The summed E-state index contributed by atoms with van der Waals surface area (Å²) in [5.41, 5.74) is 2.75. The van der Waals surface area contributed by atoms with E-state index in [0.717, 1.165) is 4.47 Å². The van der Waals surface area contributed by atoms with Crippen LogP contribution < -0.4 is 11.0 Å². The zero-order valence-electron chi connectivity index (χ0n) is 11.0. The van der Waals surface area contributed by atoms with Gasteiger partial charge in [-0.25, -0.2) is 9.66 Å². The number of hydrogen-bond acceptors (Lipinski definition) is 3. The first-order valence-corrected chi connectivity index (χ1v) is 7.35. The van der Waals surface area contributed by atoms with E-state index < -0.39 is 5.91 Å². The monoisotopic (exact) mass is 357 g/mol. The molecule has 5 nitrogen and oxygen atoms in total. The molecule has 0 bridgehead atoms. The van der Waals surface area contributed by atoms with Crippen LogP contribution in [0.3, 0.4) is 0 Å². The van der Waals surface area contributed by atoms with Gasteiger partial charge in [-0.1, -0.05) is 29.8 Å². The van der Waals surface area contributed by atoms with E-state index >= 15 is 0 Å². The second-order valence-electron chi connectivity index (χ2n) is 4.60. The van der Waals surface area contributed by atoms with Crippen LogP contribution in [0.4, 0.5) is 0 Å². The summed E-state index contributed by atoms with van der Waals surface area (Å²) in [4.78, 5) is 28.4. The van der Waals surface area contributed by atoms with Crippen LogP contribution in [-0.4, -0.2) is 21.4 Å². The molecule has 0 spiro atoms. The van der Waals surface area contributed by atoms with Gasteiger partial charge < -0.3 is 0 Å². The van der Waals surface area contributed by atoms with Gasteiger partial charge in [0, 0.05) is 10.4 Å². The van der Waals surface area contributed by atoms with Crippen molar-refractivity contribution >= 4 is 44.3 Å². The van der Waals surface area contributed by atoms with Crippen LogP contribution in [-0.2, 0) is 4.79 Å². The number of rotatable bonds is 3. The van der Waals surface area contributed by atoms with Gasteiger partial charge in [-0.05, 0) is 18.2 Å². The summed E-state index contributed by atoms with van der Waals surface area (Å²) >= 11 is 8.79. The lowest BCUT2D eigenvalue weighted by molar-refractivity contribution is -0.114. The van der Waals surface area contributed by atoms with E-state index in [1.54, 1.807) is 12.1 Å². The van der Waals surface area contributed by atoms with Crippen molar-refractivity contribution in [1.82, 2.24) is 9.66 Å². The van der Waals surface area contributed by atoms with Crippen LogP contribution in [0.15, 0.2) is 27.5 Å². The van der Waals surface area contributed by atoms with Crippen LogP contribution in [0.25, 0.3) is 10.9 Å². The van der Waals surface area contributed by atoms with Gasteiger partial charge in [0.2, 0.25) is 0 Å². The maximum absolute atomic E-state index is 12.5. The maximum Gasteiger partial charge on any atom is 0.280 e. The highest BCUT2D eigenvalue weighted by atomic mass is 79.9. The second kappa shape index (κ2) is 5.93. The van der Waals surface area contributed by atoms with Gasteiger partial charge in [-0.15, -0.1) is 11.6 Å². The van der Waals surface area contributed by atoms with E-state index in [2.05, 4.69) is 26.3 Å². The highest BCUT2D eigenvalue weighted by Gasteiger charge is 2.15. The number of amides is 1. The third kappa shape index (κ3) is 2.86. The Hall–Kier alpha value is -1.40.